The quantitative estimate of drug-likeness (QED) is 0.782. The molecule has 1 aliphatic heterocycles. The van der Waals surface area contributed by atoms with Gasteiger partial charge in [0.2, 0.25) is 0 Å². The Labute approximate surface area is 161 Å². The van der Waals surface area contributed by atoms with E-state index in [9.17, 15) is 9.59 Å². The summed E-state index contributed by atoms with van der Waals surface area (Å²) in [5.41, 5.74) is 2.61. The normalized spacial score (nSPS) is 17.3. The van der Waals surface area contributed by atoms with Crippen molar-refractivity contribution in [1.29, 1.82) is 0 Å². The van der Waals surface area contributed by atoms with Crippen LogP contribution in [0.5, 0.6) is 0 Å². The molecular weight excluding hydrogens is 338 g/mol. The molecule has 0 N–H and O–H groups in total. The number of ketones is 1. The van der Waals surface area contributed by atoms with Gasteiger partial charge in [-0.25, -0.2) is 0 Å². The Morgan fingerprint density at radius 3 is 2.63 bits per heavy atom. The van der Waals surface area contributed by atoms with Crippen molar-refractivity contribution in [2.45, 2.75) is 52.5 Å². The maximum Gasteiger partial charge on any atom is 0.272 e. The molecule has 1 amide bonds. The average Bonchev–Trinajstić information content (AvgIpc) is 3.13. The van der Waals surface area contributed by atoms with E-state index in [0.717, 1.165) is 24.1 Å². The van der Waals surface area contributed by atoms with Crippen molar-refractivity contribution in [3.8, 4) is 0 Å². The Morgan fingerprint density at radius 1 is 1.22 bits per heavy atom. The Kier molecular flexibility index (Phi) is 6.09. The van der Waals surface area contributed by atoms with Crippen LogP contribution in [0.15, 0.2) is 36.4 Å². The minimum absolute atomic E-state index is 0.00605. The zero-order valence-corrected chi connectivity index (χ0v) is 16.5. The minimum Gasteiger partial charge on any atom is -0.337 e. The lowest BCUT2D eigenvalue weighted by Gasteiger charge is -2.32. The molecule has 1 aliphatic rings. The fourth-order valence-electron chi connectivity index (χ4n) is 3.66. The van der Waals surface area contributed by atoms with Crippen LogP contribution in [0.1, 0.15) is 61.3 Å². The summed E-state index contributed by atoms with van der Waals surface area (Å²) in [6.07, 6.45) is 2.17. The summed E-state index contributed by atoms with van der Waals surface area (Å²) < 4.78 is 1.78. The fraction of sp³-hybridized carbons (Fsp3) is 0.500. The van der Waals surface area contributed by atoms with Crippen LogP contribution < -0.4 is 0 Å². The lowest BCUT2D eigenvalue weighted by Crippen LogP contribution is -2.43. The second kappa shape index (κ2) is 8.51. The number of aromatic nitrogens is 2. The average molecular weight is 367 g/mol. The van der Waals surface area contributed by atoms with Gasteiger partial charge in [-0.1, -0.05) is 44.2 Å². The summed E-state index contributed by atoms with van der Waals surface area (Å²) in [4.78, 5) is 27.7. The summed E-state index contributed by atoms with van der Waals surface area (Å²) in [6, 6.07) is 11.7. The zero-order valence-electron chi connectivity index (χ0n) is 16.5. The van der Waals surface area contributed by atoms with Gasteiger partial charge in [-0.3, -0.25) is 14.3 Å². The molecule has 3 rings (SSSR count). The number of nitrogens with zero attached hydrogens (tertiary/aromatic N) is 3. The zero-order chi connectivity index (χ0) is 19.4. The highest BCUT2D eigenvalue weighted by Gasteiger charge is 2.30. The van der Waals surface area contributed by atoms with Gasteiger partial charge in [-0.2, -0.15) is 5.10 Å². The first kappa shape index (κ1) is 19.3. The number of likely N-dealkylation sites (tertiary alicyclic amines) is 1. The Balaban J connectivity index is 1.70. The van der Waals surface area contributed by atoms with Gasteiger partial charge in [0.1, 0.15) is 11.5 Å². The van der Waals surface area contributed by atoms with Crippen LogP contribution in [0.25, 0.3) is 0 Å². The lowest BCUT2D eigenvalue weighted by atomic mass is 9.90. The number of Topliss-reactive ketones (excluding diaryl/α,β-unsaturated/α-hetero) is 1. The standard InChI is InChI=1S/C22H29N3O2/c1-4-25-20(14-19(23-25)16(2)3)22(27)24-12-8-11-18(15-24)21(26)13-17-9-6-5-7-10-17/h5-7,9-10,14,16,18H,4,8,11-13,15H2,1-3H3/t18-/m0/s1. The van der Waals surface area contributed by atoms with Crippen LogP contribution in [0, 0.1) is 5.92 Å². The summed E-state index contributed by atoms with van der Waals surface area (Å²) in [5, 5.41) is 4.56. The van der Waals surface area contributed by atoms with Crippen molar-refractivity contribution in [2.75, 3.05) is 13.1 Å². The van der Waals surface area contributed by atoms with Crippen LogP contribution >= 0.6 is 0 Å². The number of hydrogen-bond acceptors (Lipinski definition) is 3. The van der Waals surface area contributed by atoms with Crippen molar-refractivity contribution in [2.24, 2.45) is 5.92 Å². The molecule has 0 unspecified atom stereocenters. The van der Waals surface area contributed by atoms with E-state index in [2.05, 4.69) is 18.9 Å². The molecule has 1 fully saturated rings. The molecule has 1 aromatic heterocycles. The SMILES string of the molecule is CCn1nc(C(C)C)cc1C(=O)N1CCC[C@H](C(=O)Cc2ccccc2)C1. The molecule has 144 valence electrons. The third-order valence-corrected chi connectivity index (χ3v) is 5.29. The molecule has 1 saturated heterocycles. The number of piperidine rings is 1. The third kappa shape index (κ3) is 4.46. The number of carbonyl (C=O) groups excluding carboxylic acids is 2. The van der Waals surface area contributed by atoms with E-state index in [1.165, 1.54) is 0 Å². The highest BCUT2D eigenvalue weighted by atomic mass is 16.2. The van der Waals surface area contributed by atoms with E-state index in [0.29, 0.717) is 31.7 Å². The molecule has 0 spiro atoms. The number of amides is 1. The summed E-state index contributed by atoms with van der Waals surface area (Å²) in [5.74, 6) is 0.426. The monoisotopic (exact) mass is 367 g/mol. The van der Waals surface area contributed by atoms with Gasteiger partial charge in [-0.15, -0.1) is 0 Å². The Morgan fingerprint density at radius 2 is 1.96 bits per heavy atom. The van der Waals surface area contributed by atoms with Gasteiger partial charge in [0.15, 0.2) is 0 Å². The maximum atomic E-state index is 13.1. The van der Waals surface area contributed by atoms with Gasteiger partial charge < -0.3 is 4.90 Å². The molecule has 0 saturated carbocycles. The molecule has 2 aromatic rings. The second-order valence-electron chi connectivity index (χ2n) is 7.64. The number of rotatable bonds is 6. The van der Waals surface area contributed by atoms with E-state index >= 15 is 0 Å². The Hall–Kier alpha value is -2.43. The van der Waals surface area contributed by atoms with Gasteiger partial charge in [0, 0.05) is 32.0 Å². The van der Waals surface area contributed by atoms with E-state index in [-0.39, 0.29) is 23.5 Å². The molecule has 2 heterocycles. The van der Waals surface area contributed by atoms with E-state index in [1.54, 1.807) is 4.68 Å². The number of aryl methyl sites for hydroxylation is 1. The van der Waals surface area contributed by atoms with Gasteiger partial charge in [-0.05, 0) is 37.3 Å². The predicted molar refractivity (Wildman–Crippen MR) is 106 cm³/mol. The van der Waals surface area contributed by atoms with Gasteiger partial charge in [0.05, 0.1) is 5.69 Å². The molecule has 1 aromatic carbocycles. The van der Waals surface area contributed by atoms with Crippen LogP contribution in [0.4, 0.5) is 0 Å². The minimum atomic E-state index is -0.0783. The van der Waals surface area contributed by atoms with E-state index in [1.807, 2.05) is 48.2 Å². The third-order valence-electron chi connectivity index (χ3n) is 5.29. The lowest BCUT2D eigenvalue weighted by molar-refractivity contribution is -0.123. The van der Waals surface area contributed by atoms with Crippen molar-refractivity contribution in [3.05, 3.63) is 53.3 Å². The van der Waals surface area contributed by atoms with Crippen LogP contribution in [-0.2, 0) is 17.8 Å². The smallest absolute Gasteiger partial charge is 0.272 e. The highest BCUT2D eigenvalue weighted by Crippen LogP contribution is 2.22. The predicted octanol–water partition coefficient (Wildman–Crippen LogP) is 3.69. The molecule has 5 nitrogen and oxygen atoms in total. The van der Waals surface area contributed by atoms with E-state index in [4.69, 9.17) is 0 Å². The first-order chi connectivity index (χ1) is 13.0. The first-order valence-electron chi connectivity index (χ1n) is 9.93. The molecule has 27 heavy (non-hydrogen) atoms. The van der Waals surface area contributed by atoms with Crippen molar-refractivity contribution < 1.29 is 9.59 Å². The molecule has 5 heteroatoms. The van der Waals surface area contributed by atoms with Gasteiger partial charge in [0.25, 0.3) is 5.91 Å². The molecular formula is C22H29N3O2. The summed E-state index contributed by atoms with van der Waals surface area (Å²) in [6.45, 7) is 8.04. The van der Waals surface area contributed by atoms with Crippen molar-refractivity contribution in [3.63, 3.8) is 0 Å². The van der Waals surface area contributed by atoms with Gasteiger partial charge >= 0.3 is 0 Å². The van der Waals surface area contributed by atoms with Crippen LogP contribution in [0.3, 0.4) is 0 Å². The topological polar surface area (TPSA) is 55.2 Å². The second-order valence-corrected chi connectivity index (χ2v) is 7.64. The first-order valence-corrected chi connectivity index (χ1v) is 9.93. The molecule has 0 aliphatic carbocycles. The summed E-state index contributed by atoms with van der Waals surface area (Å²) in [7, 11) is 0. The molecule has 0 radical (unpaired) electrons. The highest BCUT2D eigenvalue weighted by molar-refractivity contribution is 5.93. The largest absolute Gasteiger partial charge is 0.337 e. The molecule has 0 bridgehead atoms. The number of carbonyl (C=O) groups is 2. The van der Waals surface area contributed by atoms with Crippen LogP contribution in [-0.4, -0.2) is 39.5 Å². The van der Waals surface area contributed by atoms with Crippen molar-refractivity contribution in [1.82, 2.24) is 14.7 Å². The Bertz CT molecular complexity index is 795. The van der Waals surface area contributed by atoms with Crippen molar-refractivity contribution >= 4 is 11.7 Å². The van der Waals surface area contributed by atoms with E-state index < -0.39 is 0 Å². The maximum absolute atomic E-state index is 13.1. The molecule has 1 atom stereocenters. The number of hydrogen-bond donors (Lipinski definition) is 0. The number of benzene rings is 1. The summed E-state index contributed by atoms with van der Waals surface area (Å²) >= 11 is 0. The van der Waals surface area contributed by atoms with Crippen LogP contribution in [0.2, 0.25) is 0 Å². The fourth-order valence-corrected chi connectivity index (χ4v) is 3.66.